The van der Waals surface area contributed by atoms with Gasteiger partial charge in [-0.3, -0.25) is 4.79 Å². The second-order valence-corrected chi connectivity index (χ2v) is 9.36. The summed E-state index contributed by atoms with van der Waals surface area (Å²) in [4.78, 5) is 14.8. The van der Waals surface area contributed by atoms with Gasteiger partial charge in [0, 0.05) is 18.2 Å². The van der Waals surface area contributed by atoms with Crippen LogP contribution in [0.1, 0.15) is 22.3 Å². The molecule has 1 aliphatic rings. The van der Waals surface area contributed by atoms with E-state index in [1.807, 2.05) is 42.5 Å². The molecule has 144 valence electrons. The Bertz CT molecular complexity index is 1120. The molecular formula is C22H20FNO3S. The van der Waals surface area contributed by atoms with Gasteiger partial charge < -0.3 is 4.90 Å². The molecular weight excluding hydrogens is 377 g/mol. The molecule has 1 aliphatic heterocycles. The van der Waals surface area contributed by atoms with Crippen molar-refractivity contribution in [2.45, 2.75) is 19.0 Å². The van der Waals surface area contributed by atoms with Crippen LogP contribution in [0.3, 0.4) is 0 Å². The smallest absolute Gasteiger partial charge is 0.254 e. The molecule has 0 aliphatic carbocycles. The van der Waals surface area contributed by atoms with Crippen molar-refractivity contribution in [3.63, 3.8) is 0 Å². The van der Waals surface area contributed by atoms with Gasteiger partial charge >= 0.3 is 0 Å². The van der Waals surface area contributed by atoms with Gasteiger partial charge in [0.1, 0.15) is 5.82 Å². The van der Waals surface area contributed by atoms with Crippen LogP contribution in [0.5, 0.6) is 0 Å². The Balaban J connectivity index is 1.72. The average Bonchev–Trinajstić information content (AvgIpc) is 3.05. The molecule has 1 atom stereocenters. The van der Waals surface area contributed by atoms with Crippen molar-refractivity contribution in [2.24, 2.45) is 0 Å². The Hall–Kier alpha value is -2.73. The highest BCUT2D eigenvalue weighted by atomic mass is 32.2. The molecule has 1 unspecified atom stereocenters. The van der Waals surface area contributed by atoms with Crippen LogP contribution < -0.4 is 0 Å². The molecule has 0 radical (unpaired) electrons. The Morgan fingerprint density at radius 1 is 1.00 bits per heavy atom. The third-order valence-electron chi connectivity index (χ3n) is 5.22. The first-order chi connectivity index (χ1) is 13.4. The second kappa shape index (κ2) is 7.36. The first kappa shape index (κ1) is 18.6. The number of hydrogen-bond donors (Lipinski definition) is 0. The minimum Gasteiger partial charge on any atom is -0.330 e. The molecule has 1 amide bonds. The van der Waals surface area contributed by atoms with Crippen molar-refractivity contribution in [2.75, 3.05) is 11.5 Å². The number of halogens is 1. The molecule has 3 aromatic rings. The van der Waals surface area contributed by atoms with E-state index in [0.29, 0.717) is 18.5 Å². The summed E-state index contributed by atoms with van der Waals surface area (Å²) >= 11 is 0. The molecule has 4 nitrogen and oxygen atoms in total. The topological polar surface area (TPSA) is 54.5 Å². The zero-order chi connectivity index (χ0) is 19.7. The SMILES string of the molecule is O=C(c1ccc(F)cc1)N(Cc1cccc2ccccc12)C1CCS(=O)(=O)C1. The summed E-state index contributed by atoms with van der Waals surface area (Å²) in [5.74, 6) is -0.652. The number of sulfone groups is 1. The number of benzene rings is 3. The molecule has 0 N–H and O–H groups in total. The van der Waals surface area contributed by atoms with Crippen molar-refractivity contribution >= 4 is 26.5 Å². The van der Waals surface area contributed by atoms with Crippen LogP contribution in [0.15, 0.2) is 66.7 Å². The first-order valence-electron chi connectivity index (χ1n) is 9.16. The molecule has 0 saturated carbocycles. The zero-order valence-corrected chi connectivity index (χ0v) is 16.0. The van der Waals surface area contributed by atoms with Crippen molar-refractivity contribution in [1.82, 2.24) is 4.90 Å². The highest BCUT2D eigenvalue weighted by Gasteiger charge is 2.35. The molecule has 0 aromatic heterocycles. The van der Waals surface area contributed by atoms with E-state index in [1.165, 1.54) is 24.3 Å². The highest BCUT2D eigenvalue weighted by Crippen LogP contribution is 2.26. The number of carbonyl (C=O) groups excluding carboxylic acids is 1. The van der Waals surface area contributed by atoms with Crippen LogP contribution in [0.4, 0.5) is 4.39 Å². The van der Waals surface area contributed by atoms with Gasteiger partial charge in [-0.15, -0.1) is 0 Å². The predicted molar refractivity (Wildman–Crippen MR) is 107 cm³/mol. The molecule has 28 heavy (non-hydrogen) atoms. The largest absolute Gasteiger partial charge is 0.330 e. The molecule has 1 fully saturated rings. The van der Waals surface area contributed by atoms with Crippen molar-refractivity contribution in [3.05, 3.63) is 83.7 Å². The minimum atomic E-state index is -3.15. The number of hydrogen-bond acceptors (Lipinski definition) is 3. The van der Waals surface area contributed by atoms with Gasteiger partial charge in [-0.1, -0.05) is 42.5 Å². The fraction of sp³-hybridized carbons (Fsp3) is 0.227. The van der Waals surface area contributed by atoms with Gasteiger partial charge in [0.25, 0.3) is 5.91 Å². The van der Waals surface area contributed by atoms with E-state index in [4.69, 9.17) is 0 Å². The molecule has 0 bridgehead atoms. The summed E-state index contributed by atoms with van der Waals surface area (Å²) in [6.07, 6.45) is 0.417. The van der Waals surface area contributed by atoms with Crippen LogP contribution in [-0.2, 0) is 16.4 Å². The third kappa shape index (κ3) is 3.78. The first-order valence-corrected chi connectivity index (χ1v) is 11.0. The van der Waals surface area contributed by atoms with E-state index in [9.17, 15) is 17.6 Å². The van der Waals surface area contributed by atoms with E-state index in [1.54, 1.807) is 4.90 Å². The Morgan fingerprint density at radius 2 is 1.71 bits per heavy atom. The summed E-state index contributed by atoms with van der Waals surface area (Å²) in [6, 6.07) is 18.8. The molecule has 1 saturated heterocycles. The summed E-state index contributed by atoms with van der Waals surface area (Å²) in [5.41, 5.74) is 1.31. The fourth-order valence-electron chi connectivity index (χ4n) is 3.76. The van der Waals surface area contributed by atoms with Crippen LogP contribution >= 0.6 is 0 Å². The molecule has 4 rings (SSSR count). The second-order valence-electron chi connectivity index (χ2n) is 7.14. The lowest BCUT2D eigenvalue weighted by atomic mass is 10.0. The maximum atomic E-state index is 13.3. The van der Waals surface area contributed by atoms with Crippen LogP contribution in [0, 0.1) is 5.82 Å². The average molecular weight is 397 g/mol. The summed E-state index contributed by atoms with van der Waals surface area (Å²) in [6.45, 7) is 0.303. The minimum absolute atomic E-state index is 0.0370. The van der Waals surface area contributed by atoms with Gasteiger partial charge in [0.2, 0.25) is 0 Å². The normalized spacial score (nSPS) is 18.2. The van der Waals surface area contributed by atoms with Crippen LogP contribution in [0.2, 0.25) is 0 Å². The van der Waals surface area contributed by atoms with E-state index in [-0.39, 0.29) is 23.5 Å². The highest BCUT2D eigenvalue weighted by molar-refractivity contribution is 7.91. The number of amides is 1. The van der Waals surface area contributed by atoms with Gasteiger partial charge in [0.15, 0.2) is 9.84 Å². The summed E-state index contributed by atoms with van der Waals surface area (Å²) in [7, 11) is -3.15. The van der Waals surface area contributed by atoms with Crippen molar-refractivity contribution in [1.29, 1.82) is 0 Å². The lowest BCUT2D eigenvalue weighted by Crippen LogP contribution is -2.40. The lowest BCUT2D eigenvalue weighted by molar-refractivity contribution is 0.0682. The number of nitrogens with zero attached hydrogens (tertiary/aromatic N) is 1. The Morgan fingerprint density at radius 3 is 2.43 bits per heavy atom. The summed E-state index contributed by atoms with van der Waals surface area (Å²) < 4.78 is 37.3. The van der Waals surface area contributed by atoms with Crippen LogP contribution in [0.25, 0.3) is 10.8 Å². The zero-order valence-electron chi connectivity index (χ0n) is 15.2. The maximum absolute atomic E-state index is 13.3. The number of carbonyl (C=O) groups is 1. The van der Waals surface area contributed by atoms with E-state index < -0.39 is 15.7 Å². The van der Waals surface area contributed by atoms with Gasteiger partial charge in [0.05, 0.1) is 11.5 Å². The predicted octanol–water partition coefficient (Wildman–Crippen LogP) is 3.81. The monoisotopic (exact) mass is 397 g/mol. The van der Waals surface area contributed by atoms with Crippen LogP contribution in [-0.4, -0.2) is 36.8 Å². The van der Waals surface area contributed by atoms with E-state index >= 15 is 0 Å². The quantitative estimate of drug-likeness (QED) is 0.673. The van der Waals surface area contributed by atoms with E-state index in [2.05, 4.69) is 0 Å². The molecule has 3 aromatic carbocycles. The van der Waals surface area contributed by atoms with Crippen molar-refractivity contribution in [3.8, 4) is 0 Å². The lowest BCUT2D eigenvalue weighted by Gasteiger charge is -2.29. The molecule has 1 heterocycles. The maximum Gasteiger partial charge on any atom is 0.254 e. The summed E-state index contributed by atoms with van der Waals surface area (Å²) in [5, 5.41) is 2.09. The number of fused-ring (bicyclic) bond motifs is 1. The Labute approximate surface area is 163 Å². The number of rotatable bonds is 4. The van der Waals surface area contributed by atoms with Crippen molar-refractivity contribution < 1.29 is 17.6 Å². The fourth-order valence-corrected chi connectivity index (χ4v) is 5.49. The van der Waals surface area contributed by atoms with Gasteiger partial charge in [-0.2, -0.15) is 0 Å². The standard InChI is InChI=1S/C22H20FNO3S/c23-19-10-8-17(9-11-19)22(25)24(20-12-13-28(26,27)15-20)14-18-6-3-5-16-4-1-2-7-21(16)18/h1-11,20H,12-15H2. The van der Waals surface area contributed by atoms with E-state index in [0.717, 1.165) is 16.3 Å². The third-order valence-corrected chi connectivity index (χ3v) is 6.97. The van der Waals surface area contributed by atoms with Gasteiger partial charge in [-0.25, -0.2) is 12.8 Å². The molecule has 0 spiro atoms. The van der Waals surface area contributed by atoms with Gasteiger partial charge in [-0.05, 0) is 47.0 Å². The molecule has 6 heteroatoms. The Kier molecular flexibility index (Phi) is 4.89.